The van der Waals surface area contributed by atoms with Crippen LogP contribution in [0.5, 0.6) is 5.75 Å². The SMILES string of the molecule is CCOC(=O)CN(C(=O)COc1ccc(Br)cc1)C(C)C. The van der Waals surface area contributed by atoms with Crippen LogP contribution in [0, 0.1) is 0 Å². The van der Waals surface area contributed by atoms with Crippen molar-refractivity contribution in [2.45, 2.75) is 26.8 Å². The van der Waals surface area contributed by atoms with Gasteiger partial charge in [-0.2, -0.15) is 0 Å². The number of benzene rings is 1. The Morgan fingerprint density at radius 3 is 2.38 bits per heavy atom. The summed E-state index contributed by atoms with van der Waals surface area (Å²) in [5, 5.41) is 0. The first-order valence-electron chi connectivity index (χ1n) is 6.77. The molecule has 1 aromatic carbocycles. The molecule has 0 N–H and O–H groups in total. The summed E-state index contributed by atoms with van der Waals surface area (Å²) < 4.78 is 11.2. The number of hydrogen-bond donors (Lipinski definition) is 0. The first-order chi connectivity index (χ1) is 9.93. The maximum atomic E-state index is 12.1. The van der Waals surface area contributed by atoms with Gasteiger partial charge in [0, 0.05) is 10.5 Å². The highest BCUT2D eigenvalue weighted by atomic mass is 79.9. The van der Waals surface area contributed by atoms with Gasteiger partial charge in [-0.05, 0) is 45.0 Å². The average molecular weight is 358 g/mol. The van der Waals surface area contributed by atoms with Crippen LogP contribution in [0.3, 0.4) is 0 Å². The van der Waals surface area contributed by atoms with Gasteiger partial charge in [-0.15, -0.1) is 0 Å². The molecule has 0 unspecified atom stereocenters. The minimum absolute atomic E-state index is 0.0615. The summed E-state index contributed by atoms with van der Waals surface area (Å²) in [6.07, 6.45) is 0. The molecule has 6 heteroatoms. The van der Waals surface area contributed by atoms with Crippen molar-refractivity contribution < 1.29 is 19.1 Å². The molecule has 5 nitrogen and oxygen atoms in total. The zero-order chi connectivity index (χ0) is 15.8. The summed E-state index contributed by atoms with van der Waals surface area (Å²) in [4.78, 5) is 25.1. The number of carbonyl (C=O) groups excluding carboxylic acids is 2. The van der Waals surface area contributed by atoms with E-state index in [9.17, 15) is 9.59 Å². The van der Waals surface area contributed by atoms with Crippen molar-refractivity contribution in [1.82, 2.24) is 4.90 Å². The Bertz CT molecular complexity index is 473. The minimum atomic E-state index is -0.414. The highest BCUT2D eigenvalue weighted by Gasteiger charge is 2.21. The molecule has 0 aromatic heterocycles. The van der Waals surface area contributed by atoms with E-state index in [0.717, 1.165) is 4.47 Å². The van der Waals surface area contributed by atoms with Gasteiger partial charge in [0.15, 0.2) is 6.61 Å². The standard InChI is InChI=1S/C15H20BrNO4/c1-4-20-15(19)9-17(11(2)3)14(18)10-21-13-7-5-12(16)6-8-13/h5-8,11H,4,9-10H2,1-3H3. The number of hydrogen-bond acceptors (Lipinski definition) is 4. The van der Waals surface area contributed by atoms with E-state index in [2.05, 4.69) is 15.9 Å². The second kappa shape index (κ2) is 8.67. The predicted molar refractivity (Wildman–Crippen MR) is 83.1 cm³/mol. The van der Waals surface area contributed by atoms with Gasteiger partial charge in [0.1, 0.15) is 12.3 Å². The van der Waals surface area contributed by atoms with Crippen molar-refractivity contribution >= 4 is 27.8 Å². The largest absolute Gasteiger partial charge is 0.484 e. The van der Waals surface area contributed by atoms with Crippen LogP contribution >= 0.6 is 15.9 Å². The lowest BCUT2D eigenvalue weighted by Crippen LogP contribution is -2.43. The summed E-state index contributed by atoms with van der Waals surface area (Å²) in [6, 6.07) is 7.10. The van der Waals surface area contributed by atoms with E-state index in [1.807, 2.05) is 26.0 Å². The first-order valence-corrected chi connectivity index (χ1v) is 7.56. The molecule has 0 spiro atoms. The van der Waals surface area contributed by atoms with Gasteiger partial charge in [0.05, 0.1) is 6.61 Å². The van der Waals surface area contributed by atoms with Crippen LogP contribution in [-0.4, -0.2) is 42.6 Å². The Morgan fingerprint density at radius 2 is 1.86 bits per heavy atom. The quantitative estimate of drug-likeness (QED) is 0.704. The smallest absolute Gasteiger partial charge is 0.325 e. The Balaban J connectivity index is 2.56. The molecule has 0 aliphatic heterocycles. The second-order valence-corrected chi connectivity index (χ2v) is 5.58. The molecule has 0 aliphatic carbocycles. The van der Waals surface area contributed by atoms with Crippen LogP contribution in [0.2, 0.25) is 0 Å². The molecule has 0 saturated carbocycles. The van der Waals surface area contributed by atoms with Gasteiger partial charge in [0.25, 0.3) is 5.91 Å². The van der Waals surface area contributed by atoms with Crippen LogP contribution in [-0.2, 0) is 14.3 Å². The van der Waals surface area contributed by atoms with Crippen LogP contribution < -0.4 is 4.74 Å². The topological polar surface area (TPSA) is 55.8 Å². The maximum absolute atomic E-state index is 12.1. The number of amides is 1. The monoisotopic (exact) mass is 357 g/mol. The molecule has 0 heterocycles. The summed E-state index contributed by atoms with van der Waals surface area (Å²) in [6.45, 7) is 5.55. The molecule has 0 bridgehead atoms. The first kappa shape index (κ1) is 17.5. The van der Waals surface area contributed by atoms with Gasteiger partial charge in [-0.25, -0.2) is 0 Å². The van der Waals surface area contributed by atoms with Crippen LogP contribution in [0.4, 0.5) is 0 Å². The molecule has 0 fully saturated rings. The molecule has 0 atom stereocenters. The Kier molecular flexibility index (Phi) is 7.22. The van der Waals surface area contributed by atoms with E-state index in [0.29, 0.717) is 12.4 Å². The number of ether oxygens (including phenoxy) is 2. The van der Waals surface area contributed by atoms with E-state index in [-0.39, 0.29) is 25.1 Å². The number of esters is 1. The lowest BCUT2D eigenvalue weighted by atomic mass is 10.3. The van der Waals surface area contributed by atoms with E-state index >= 15 is 0 Å². The van der Waals surface area contributed by atoms with Crippen molar-refractivity contribution in [2.75, 3.05) is 19.8 Å². The predicted octanol–water partition coefficient (Wildman–Crippen LogP) is 2.63. The van der Waals surface area contributed by atoms with E-state index in [1.165, 1.54) is 4.90 Å². The van der Waals surface area contributed by atoms with Gasteiger partial charge < -0.3 is 14.4 Å². The van der Waals surface area contributed by atoms with Gasteiger partial charge >= 0.3 is 5.97 Å². The Labute approximate surface area is 133 Å². The summed E-state index contributed by atoms with van der Waals surface area (Å²) in [5.74, 6) is -0.0597. The zero-order valence-corrected chi connectivity index (χ0v) is 14.1. The van der Waals surface area contributed by atoms with Gasteiger partial charge in [-0.3, -0.25) is 9.59 Å². The third-order valence-electron chi connectivity index (χ3n) is 2.72. The van der Waals surface area contributed by atoms with Gasteiger partial charge in [0.2, 0.25) is 0 Å². The fraction of sp³-hybridized carbons (Fsp3) is 0.467. The fourth-order valence-corrected chi connectivity index (χ4v) is 1.93. The molecule has 1 amide bonds. The molecular formula is C15H20BrNO4. The molecule has 0 radical (unpaired) electrons. The molecule has 1 aromatic rings. The molecule has 1 rings (SSSR count). The van der Waals surface area contributed by atoms with E-state index in [1.54, 1.807) is 19.1 Å². The third kappa shape index (κ3) is 6.16. The van der Waals surface area contributed by atoms with E-state index in [4.69, 9.17) is 9.47 Å². The van der Waals surface area contributed by atoms with E-state index < -0.39 is 5.97 Å². The summed E-state index contributed by atoms with van der Waals surface area (Å²) >= 11 is 3.33. The average Bonchev–Trinajstić information content (AvgIpc) is 2.44. The highest BCUT2D eigenvalue weighted by Crippen LogP contribution is 2.16. The number of carbonyl (C=O) groups is 2. The fourth-order valence-electron chi connectivity index (χ4n) is 1.66. The number of nitrogens with zero attached hydrogens (tertiary/aromatic N) is 1. The van der Waals surface area contributed by atoms with Crippen LogP contribution in [0.25, 0.3) is 0 Å². The highest BCUT2D eigenvalue weighted by molar-refractivity contribution is 9.10. The van der Waals surface area contributed by atoms with Crippen LogP contribution in [0.15, 0.2) is 28.7 Å². The van der Waals surface area contributed by atoms with Crippen LogP contribution in [0.1, 0.15) is 20.8 Å². The van der Waals surface area contributed by atoms with Gasteiger partial charge in [-0.1, -0.05) is 15.9 Å². The molecule has 116 valence electrons. The minimum Gasteiger partial charge on any atom is -0.484 e. The van der Waals surface area contributed by atoms with Crippen molar-refractivity contribution in [1.29, 1.82) is 0 Å². The Hall–Kier alpha value is -1.56. The summed E-state index contributed by atoms with van der Waals surface area (Å²) in [7, 11) is 0. The van der Waals surface area contributed by atoms with Crippen molar-refractivity contribution in [3.63, 3.8) is 0 Å². The lowest BCUT2D eigenvalue weighted by Gasteiger charge is -2.25. The third-order valence-corrected chi connectivity index (χ3v) is 3.25. The lowest BCUT2D eigenvalue weighted by molar-refractivity contribution is -0.150. The normalized spacial score (nSPS) is 10.3. The van der Waals surface area contributed by atoms with Crippen molar-refractivity contribution in [2.24, 2.45) is 0 Å². The molecule has 0 saturated heterocycles. The van der Waals surface area contributed by atoms with Crippen molar-refractivity contribution in [3.05, 3.63) is 28.7 Å². The number of halogens is 1. The summed E-state index contributed by atoms with van der Waals surface area (Å²) in [5.41, 5.74) is 0. The molecule has 21 heavy (non-hydrogen) atoms. The molecular weight excluding hydrogens is 338 g/mol. The maximum Gasteiger partial charge on any atom is 0.325 e. The second-order valence-electron chi connectivity index (χ2n) is 4.66. The zero-order valence-electron chi connectivity index (χ0n) is 12.5. The number of rotatable bonds is 7. The molecule has 0 aliphatic rings. The van der Waals surface area contributed by atoms with Crippen molar-refractivity contribution in [3.8, 4) is 5.75 Å². The Morgan fingerprint density at radius 1 is 1.24 bits per heavy atom.